The van der Waals surface area contributed by atoms with Crippen molar-refractivity contribution in [1.29, 1.82) is 0 Å². The van der Waals surface area contributed by atoms with Crippen LogP contribution in [0.15, 0.2) is 90.0 Å². The lowest BCUT2D eigenvalue weighted by atomic mass is 10.0. The third kappa shape index (κ3) is 5.96. The molecule has 0 radical (unpaired) electrons. The summed E-state index contributed by atoms with van der Waals surface area (Å²) in [7, 11) is 1.57. The van der Waals surface area contributed by atoms with Crippen LogP contribution in [0.25, 0.3) is 10.8 Å². The molecule has 0 heterocycles. The number of ether oxygens (including phenoxy) is 3. The van der Waals surface area contributed by atoms with Crippen molar-refractivity contribution >= 4 is 40.5 Å². The van der Waals surface area contributed by atoms with Gasteiger partial charge >= 0.3 is 5.97 Å². The zero-order valence-corrected chi connectivity index (χ0v) is 19.5. The molecule has 1 N–H and O–H groups in total. The number of hydrogen-bond donors (Lipinski definition) is 1. The van der Waals surface area contributed by atoms with E-state index in [1.54, 1.807) is 61.7 Å². The van der Waals surface area contributed by atoms with Gasteiger partial charge in [-0.2, -0.15) is 5.10 Å². The Bertz CT molecular complexity index is 1390. The quantitative estimate of drug-likeness (QED) is 0.158. The highest BCUT2D eigenvalue weighted by Gasteiger charge is 2.16. The van der Waals surface area contributed by atoms with E-state index in [-0.39, 0.29) is 22.9 Å². The molecule has 1 amide bonds. The third-order valence-corrected chi connectivity index (χ3v) is 5.37. The number of methoxy groups -OCH3 is 1. The van der Waals surface area contributed by atoms with E-state index in [4.69, 9.17) is 25.8 Å². The Labute approximate surface area is 206 Å². The summed E-state index contributed by atoms with van der Waals surface area (Å²) in [6.07, 6.45) is 1.43. The maximum atomic E-state index is 12.7. The molecule has 0 saturated carbocycles. The van der Waals surface area contributed by atoms with Crippen LogP contribution in [0.4, 0.5) is 0 Å². The van der Waals surface area contributed by atoms with Crippen molar-refractivity contribution < 1.29 is 23.8 Å². The number of amides is 1. The Kier molecular flexibility index (Phi) is 7.60. The highest BCUT2D eigenvalue weighted by atomic mass is 35.5. The summed E-state index contributed by atoms with van der Waals surface area (Å²) >= 11 is 6.13. The first kappa shape index (κ1) is 23.8. The summed E-state index contributed by atoms with van der Waals surface area (Å²) in [6.45, 7) is -0.229. The van der Waals surface area contributed by atoms with E-state index >= 15 is 0 Å². The van der Waals surface area contributed by atoms with Crippen LogP contribution in [0.1, 0.15) is 15.9 Å². The van der Waals surface area contributed by atoms with Crippen molar-refractivity contribution in [3.63, 3.8) is 0 Å². The minimum absolute atomic E-state index is 0.229. The Morgan fingerprint density at radius 2 is 1.63 bits per heavy atom. The number of carbonyl (C=O) groups excluding carboxylic acids is 2. The van der Waals surface area contributed by atoms with Crippen LogP contribution in [0.2, 0.25) is 5.02 Å². The number of nitrogens with zero attached hydrogens (tertiary/aromatic N) is 1. The smallest absolute Gasteiger partial charge is 0.345 e. The maximum Gasteiger partial charge on any atom is 0.345 e. The van der Waals surface area contributed by atoms with Crippen LogP contribution in [0.3, 0.4) is 0 Å². The number of carbonyl (C=O) groups is 2. The molecule has 35 heavy (non-hydrogen) atoms. The van der Waals surface area contributed by atoms with Gasteiger partial charge in [-0.25, -0.2) is 10.2 Å². The van der Waals surface area contributed by atoms with Gasteiger partial charge in [-0.15, -0.1) is 0 Å². The molecule has 4 aromatic carbocycles. The maximum absolute atomic E-state index is 12.7. The third-order valence-electron chi connectivity index (χ3n) is 5.04. The van der Waals surface area contributed by atoms with Gasteiger partial charge in [0.05, 0.1) is 23.9 Å². The largest absolute Gasteiger partial charge is 0.497 e. The number of hydrogen-bond acceptors (Lipinski definition) is 6. The van der Waals surface area contributed by atoms with Gasteiger partial charge in [0, 0.05) is 5.56 Å². The molecule has 4 aromatic rings. The molecule has 0 fully saturated rings. The predicted octanol–water partition coefficient (Wildman–Crippen LogP) is 5.25. The van der Waals surface area contributed by atoms with Crippen LogP contribution in [-0.2, 0) is 4.79 Å². The van der Waals surface area contributed by atoms with Crippen LogP contribution >= 0.6 is 11.6 Å². The van der Waals surface area contributed by atoms with Gasteiger partial charge in [0.15, 0.2) is 6.61 Å². The fraction of sp³-hybridized carbons (Fsp3) is 0.0741. The highest BCUT2D eigenvalue weighted by Crippen LogP contribution is 2.28. The zero-order valence-electron chi connectivity index (χ0n) is 18.7. The lowest BCUT2D eigenvalue weighted by molar-refractivity contribution is -0.123. The number of halogens is 1. The molecule has 176 valence electrons. The summed E-state index contributed by atoms with van der Waals surface area (Å²) in [4.78, 5) is 24.9. The van der Waals surface area contributed by atoms with E-state index in [1.807, 2.05) is 30.3 Å². The van der Waals surface area contributed by atoms with Crippen molar-refractivity contribution in [3.8, 4) is 17.2 Å². The summed E-state index contributed by atoms with van der Waals surface area (Å²) in [5.74, 6) is 0.436. The summed E-state index contributed by atoms with van der Waals surface area (Å²) in [5.41, 5.74) is 3.20. The first-order chi connectivity index (χ1) is 17.0. The second kappa shape index (κ2) is 11.2. The molecular weight excluding hydrogens is 468 g/mol. The molecule has 4 rings (SSSR count). The standard InChI is InChI=1S/C27H21ClN2O5/c1-33-19-11-13-20(14-12-19)34-17-26(31)30-29-16-23-21-7-3-2-6-18(21)10-15-25(23)35-27(32)22-8-4-5-9-24(22)28/h2-16H,17H2,1H3,(H,30,31)/b29-16+. The molecule has 0 unspecified atom stereocenters. The Balaban J connectivity index is 1.49. The highest BCUT2D eigenvalue weighted by molar-refractivity contribution is 6.33. The van der Waals surface area contributed by atoms with E-state index in [2.05, 4.69) is 10.5 Å². The fourth-order valence-corrected chi connectivity index (χ4v) is 3.51. The first-order valence-corrected chi connectivity index (χ1v) is 11.0. The Morgan fingerprint density at radius 1 is 0.914 bits per heavy atom. The zero-order chi connectivity index (χ0) is 24.6. The predicted molar refractivity (Wildman–Crippen MR) is 135 cm³/mol. The van der Waals surface area contributed by atoms with Gasteiger partial charge in [-0.3, -0.25) is 4.79 Å². The number of rotatable bonds is 8. The van der Waals surface area contributed by atoms with Crippen molar-refractivity contribution in [3.05, 3.63) is 101 Å². The number of nitrogens with one attached hydrogen (secondary N) is 1. The van der Waals surface area contributed by atoms with Gasteiger partial charge in [0.1, 0.15) is 17.2 Å². The van der Waals surface area contributed by atoms with Crippen molar-refractivity contribution in [1.82, 2.24) is 5.43 Å². The van der Waals surface area contributed by atoms with Crippen LogP contribution in [0.5, 0.6) is 17.2 Å². The van der Waals surface area contributed by atoms with Gasteiger partial charge < -0.3 is 14.2 Å². The summed E-state index contributed by atoms with van der Waals surface area (Å²) in [6, 6.07) is 24.6. The number of fused-ring (bicyclic) bond motifs is 1. The Morgan fingerprint density at radius 3 is 2.40 bits per heavy atom. The van der Waals surface area contributed by atoms with Crippen LogP contribution in [0, 0.1) is 0 Å². The molecule has 0 atom stereocenters. The van der Waals surface area contributed by atoms with Crippen molar-refractivity contribution in [2.45, 2.75) is 0 Å². The second-order valence-electron chi connectivity index (χ2n) is 7.33. The summed E-state index contributed by atoms with van der Waals surface area (Å²) < 4.78 is 16.2. The lowest BCUT2D eigenvalue weighted by Gasteiger charge is -2.11. The molecule has 0 aromatic heterocycles. The molecule has 0 aliphatic carbocycles. The molecule has 0 spiro atoms. The molecule has 0 saturated heterocycles. The van der Waals surface area contributed by atoms with Gasteiger partial charge in [-0.05, 0) is 53.2 Å². The minimum Gasteiger partial charge on any atom is -0.497 e. The molecule has 0 aliphatic rings. The van der Waals surface area contributed by atoms with Gasteiger partial charge in [0.2, 0.25) is 0 Å². The number of hydrazone groups is 1. The monoisotopic (exact) mass is 488 g/mol. The Hall–Kier alpha value is -4.36. The SMILES string of the molecule is COc1ccc(OCC(=O)N/N=C/c2c(OC(=O)c3ccccc3Cl)ccc3ccccc23)cc1. The molecular formula is C27H21ClN2O5. The van der Waals surface area contributed by atoms with Gasteiger partial charge in [-0.1, -0.05) is 54.1 Å². The first-order valence-electron chi connectivity index (χ1n) is 10.6. The van der Waals surface area contributed by atoms with Crippen LogP contribution < -0.4 is 19.6 Å². The average Bonchev–Trinajstić information content (AvgIpc) is 2.89. The minimum atomic E-state index is -0.600. The fourth-order valence-electron chi connectivity index (χ4n) is 3.30. The van der Waals surface area contributed by atoms with E-state index in [0.717, 1.165) is 10.8 Å². The second-order valence-corrected chi connectivity index (χ2v) is 7.73. The van der Waals surface area contributed by atoms with E-state index in [1.165, 1.54) is 6.21 Å². The average molecular weight is 489 g/mol. The molecule has 7 nitrogen and oxygen atoms in total. The van der Waals surface area contributed by atoms with E-state index in [0.29, 0.717) is 17.1 Å². The molecule has 0 aliphatic heterocycles. The topological polar surface area (TPSA) is 86.2 Å². The van der Waals surface area contributed by atoms with Crippen molar-refractivity contribution in [2.75, 3.05) is 13.7 Å². The van der Waals surface area contributed by atoms with Crippen LogP contribution in [-0.4, -0.2) is 31.8 Å². The number of esters is 1. The number of benzene rings is 4. The van der Waals surface area contributed by atoms with E-state index in [9.17, 15) is 9.59 Å². The lowest BCUT2D eigenvalue weighted by Crippen LogP contribution is -2.24. The van der Waals surface area contributed by atoms with Gasteiger partial charge in [0.25, 0.3) is 5.91 Å². The van der Waals surface area contributed by atoms with E-state index < -0.39 is 11.9 Å². The molecule has 0 bridgehead atoms. The molecule has 8 heteroatoms. The summed E-state index contributed by atoms with van der Waals surface area (Å²) in [5, 5.41) is 6.05. The normalized spacial score (nSPS) is 10.8. The van der Waals surface area contributed by atoms with Crippen molar-refractivity contribution in [2.24, 2.45) is 5.10 Å².